The molecule has 0 amide bonds. The van der Waals surface area contributed by atoms with Gasteiger partial charge in [-0.3, -0.25) is 4.79 Å². The van der Waals surface area contributed by atoms with E-state index < -0.39 is 0 Å². The normalized spacial score (nSPS) is 11.5. The fourth-order valence-corrected chi connectivity index (χ4v) is 3.27. The molecule has 0 unspecified atom stereocenters. The predicted molar refractivity (Wildman–Crippen MR) is 93.8 cm³/mol. The highest BCUT2D eigenvalue weighted by atomic mass is 32.2. The molecule has 0 atom stereocenters. The van der Waals surface area contributed by atoms with Gasteiger partial charge in [0, 0.05) is 5.69 Å². The van der Waals surface area contributed by atoms with Gasteiger partial charge < -0.3 is 9.97 Å². The van der Waals surface area contributed by atoms with Gasteiger partial charge in [0.2, 0.25) is 0 Å². The van der Waals surface area contributed by atoms with Crippen LogP contribution in [0.2, 0.25) is 0 Å². The summed E-state index contributed by atoms with van der Waals surface area (Å²) >= 11 is 1.55. The molecule has 1 aromatic carbocycles. The molecule has 0 radical (unpaired) electrons. The van der Waals surface area contributed by atoms with Crippen LogP contribution in [-0.4, -0.2) is 19.9 Å². The third-order valence-corrected chi connectivity index (χ3v) is 4.46. The molecule has 0 aliphatic carbocycles. The van der Waals surface area contributed by atoms with Crippen LogP contribution < -0.4 is 5.56 Å². The molecule has 23 heavy (non-hydrogen) atoms. The van der Waals surface area contributed by atoms with Gasteiger partial charge in [-0.2, -0.15) is 0 Å². The Hall–Kier alpha value is -2.08. The van der Waals surface area contributed by atoms with Crippen LogP contribution in [0, 0.1) is 12.8 Å². The monoisotopic (exact) mass is 328 g/mol. The lowest BCUT2D eigenvalue weighted by Gasteiger charge is -2.02. The number of aromatic amines is 2. The minimum absolute atomic E-state index is 0.0951. The number of hydrogen-bond acceptors (Lipinski definition) is 4. The Morgan fingerprint density at radius 1 is 1.17 bits per heavy atom. The first-order valence-corrected chi connectivity index (χ1v) is 8.67. The highest BCUT2D eigenvalue weighted by molar-refractivity contribution is 7.98. The molecule has 0 aliphatic rings. The summed E-state index contributed by atoms with van der Waals surface area (Å²) < 4.78 is 0. The quantitative estimate of drug-likeness (QED) is 0.704. The second-order valence-electron chi connectivity index (χ2n) is 6.03. The lowest BCUT2D eigenvalue weighted by molar-refractivity contribution is 0.633. The Morgan fingerprint density at radius 3 is 2.74 bits per heavy atom. The molecular formula is C17H20N4OS. The Kier molecular flexibility index (Phi) is 4.52. The first-order chi connectivity index (χ1) is 11.0. The molecule has 6 heteroatoms. The van der Waals surface area contributed by atoms with Crippen molar-refractivity contribution < 1.29 is 0 Å². The van der Waals surface area contributed by atoms with Crippen molar-refractivity contribution in [2.45, 2.75) is 38.1 Å². The van der Waals surface area contributed by atoms with Crippen LogP contribution in [0.5, 0.6) is 0 Å². The van der Waals surface area contributed by atoms with E-state index in [1.807, 2.05) is 25.1 Å². The number of imidazole rings is 1. The Bertz CT molecular complexity index is 882. The van der Waals surface area contributed by atoms with E-state index in [1.54, 1.807) is 17.8 Å². The maximum absolute atomic E-state index is 12.1. The summed E-state index contributed by atoms with van der Waals surface area (Å²) in [7, 11) is 0. The minimum Gasteiger partial charge on any atom is -0.337 e. The molecule has 3 aromatic rings. The number of nitrogens with zero attached hydrogens (tertiary/aromatic N) is 2. The third-order valence-electron chi connectivity index (χ3n) is 3.57. The smallest absolute Gasteiger partial charge is 0.258 e. The lowest BCUT2D eigenvalue weighted by Crippen LogP contribution is -2.11. The molecule has 2 heterocycles. The number of hydrogen-bond donors (Lipinski definition) is 2. The summed E-state index contributed by atoms with van der Waals surface area (Å²) in [6, 6.07) is 7.37. The van der Waals surface area contributed by atoms with Crippen LogP contribution in [-0.2, 0) is 12.2 Å². The second kappa shape index (κ2) is 6.58. The van der Waals surface area contributed by atoms with E-state index >= 15 is 0 Å². The van der Waals surface area contributed by atoms with Crippen molar-refractivity contribution in [3.8, 4) is 0 Å². The van der Waals surface area contributed by atoms with E-state index in [4.69, 9.17) is 0 Å². The molecule has 2 aromatic heterocycles. The number of nitrogens with one attached hydrogen (secondary N) is 2. The van der Waals surface area contributed by atoms with E-state index in [0.717, 1.165) is 28.5 Å². The summed E-state index contributed by atoms with van der Waals surface area (Å²) in [4.78, 5) is 27.4. The predicted octanol–water partition coefficient (Wildman–Crippen LogP) is 3.45. The van der Waals surface area contributed by atoms with Crippen LogP contribution in [0.4, 0.5) is 0 Å². The van der Waals surface area contributed by atoms with E-state index in [1.165, 1.54) is 0 Å². The van der Waals surface area contributed by atoms with Crippen molar-refractivity contribution in [3.05, 3.63) is 51.8 Å². The first kappa shape index (κ1) is 15.8. The number of para-hydroxylation sites is 1. The summed E-state index contributed by atoms with van der Waals surface area (Å²) in [6.07, 6.45) is 0.966. The number of aromatic nitrogens is 4. The molecule has 0 saturated carbocycles. The van der Waals surface area contributed by atoms with Gasteiger partial charge >= 0.3 is 0 Å². The summed E-state index contributed by atoms with van der Waals surface area (Å²) in [5, 5.41) is 1.49. The van der Waals surface area contributed by atoms with Crippen molar-refractivity contribution in [1.29, 1.82) is 0 Å². The van der Waals surface area contributed by atoms with Gasteiger partial charge in [-0.25, -0.2) is 9.97 Å². The maximum atomic E-state index is 12.1. The first-order valence-electron chi connectivity index (χ1n) is 7.69. The third kappa shape index (κ3) is 3.64. The molecule has 0 aliphatic heterocycles. The van der Waals surface area contributed by atoms with E-state index in [0.29, 0.717) is 22.9 Å². The fraction of sp³-hybridized carbons (Fsp3) is 0.353. The number of rotatable bonds is 5. The number of thioether (sulfide) groups is 1. The standard InChI is InChI=1S/C17H20N4OS/c1-10(2)8-14-11(3)18-17(20-14)23-9-15-19-13-7-5-4-6-12(13)16(22)21-15/h4-7,10H,8-9H2,1-3H3,(H,18,20)(H,19,21,22). The molecule has 120 valence electrons. The van der Waals surface area contributed by atoms with E-state index in [2.05, 4.69) is 33.8 Å². The zero-order valence-electron chi connectivity index (χ0n) is 13.5. The Balaban J connectivity index is 1.77. The van der Waals surface area contributed by atoms with Crippen LogP contribution in [0.25, 0.3) is 10.9 Å². The van der Waals surface area contributed by atoms with Crippen LogP contribution >= 0.6 is 11.8 Å². The number of benzene rings is 1. The van der Waals surface area contributed by atoms with Crippen LogP contribution in [0.3, 0.4) is 0 Å². The molecule has 5 nitrogen and oxygen atoms in total. The largest absolute Gasteiger partial charge is 0.337 e. The Labute approximate surface area is 139 Å². The maximum Gasteiger partial charge on any atom is 0.258 e. The zero-order chi connectivity index (χ0) is 16.4. The van der Waals surface area contributed by atoms with Crippen molar-refractivity contribution in [2.24, 2.45) is 5.92 Å². The van der Waals surface area contributed by atoms with Crippen molar-refractivity contribution >= 4 is 22.7 Å². The van der Waals surface area contributed by atoms with Gasteiger partial charge in [0.1, 0.15) is 5.82 Å². The van der Waals surface area contributed by atoms with E-state index in [-0.39, 0.29) is 5.56 Å². The van der Waals surface area contributed by atoms with Crippen molar-refractivity contribution in [1.82, 2.24) is 19.9 Å². The zero-order valence-corrected chi connectivity index (χ0v) is 14.3. The number of H-pyrrole nitrogens is 2. The van der Waals surface area contributed by atoms with E-state index in [9.17, 15) is 4.79 Å². The van der Waals surface area contributed by atoms with Crippen LogP contribution in [0.1, 0.15) is 31.1 Å². The molecule has 3 rings (SSSR count). The topological polar surface area (TPSA) is 74.4 Å². The fourth-order valence-electron chi connectivity index (χ4n) is 2.46. The second-order valence-corrected chi connectivity index (χ2v) is 6.99. The molecule has 0 bridgehead atoms. The summed E-state index contributed by atoms with van der Waals surface area (Å²) in [5.41, 5.74) is 2.86. The van der Waals surface area contributed by atoms with Gasteiger partial charge in [0.25, 0.3) is 5.56 Å². The molecule has 0 saturated heterocycles. The Morgan fingerprint density at radius 2 is 1.96 bits per heavy atom. The molecule has 0 fully saturated rings. The van der Waals surface area contributed by atoms with Gasteiger partial charge in [-0.05, 0) is 31.4 Å². The molecule has 2 N–H and O–H groups in total. The minimum atomic E-state index is -0.0951. The summed E-state index contributed by atoms with van der Waals surface area (Å²) in [5.74, 6) is 1.82. The lowest BCUT2D eigenvalue weighted by atomic mass is 10.1. The molecule has 0 spiro atoms. The van der Waals surface area contributed by atoms with Crippen LogP contribution in [0.15, 0.2) is 34.2 Å². The SMILES string of the molecule is Cc1[nH]c(SCc2nc3ccccc3c(=O)[nH]2)nc1CC(C)C. The van der Waals surface area contributed by atoms with Gasteiger partial charge in [-0.15, -0.1) is 0 Å². The van der Waals surface area contributed by atoms with Crippen molar-refractivity contribution in [3.63, 3.8) is 0 Å². The highest BCUT2D eigenvalue weighted by Crippen LogP contribution is 2.21. The number of fused-ring (bicyclic) bond motifs is 1. The van der Waals surface area contributed by atoms with Gasteiger partial charge in [-0.1, -0.05) is 37.7 Å². The summed E-state index contributed by atoms with van der Waals surface area (Å²) in [6.45, 7) is 6.42. The molecular weight excluding hydrogens is 308 g/mol. The average Bonchev–Trinajstić information content (AvgIpc) is 2.85. The average molecular weight is 328 g/mol. The van der Waals surface area contributed by atoms with Crippen molar-refractivity contribution in [2.75, 3.05) is 0 Å². The number of aryl methyl sites for hydroxylation is 1. The highest BCUT2D eigenvalue weighted by Gasteiger charge is 2.10. The van der Waals surface area contributed by atoms with Gasteiger partial charge in [0.05, 0.1) is 22.3 Å². The van der Waals surface area contributed by atoms with Gasteiger partial charge in [0.15, 0.2) is 5.16 Å².